The van der Waals surface area contributed by atoms with Gasteiger partial charge in [0.25, 0.3) is 17.7 Å². The Morgan fingerprint density at radius 2 is 1.64 bits per heavy atom. The summed E-state index contributed by atoms with van der Waals surface area (Å²) in [6, 6.07) is 17.1. The number of methoxy groups -OCH3 is 1. The minimum absolute atomic E-state index is 0.0833. The highest BCUT2D eigenvalue weighted by Gasteiger charge is 2.41. The number of Topliss-reactive ketones (excluding diaryl/α,β-unsaturated/α-hetero) is 1. The van der Waals surface area contributed by atoms with E-state index in [1.54, 1.807) is 37.4 Å². The number of benzene rings is 2. The number of para-hydroxylation sites is 1. The highest BCUT2D eigenvalue weighted by Crippen LogP contribution is 2.27. The topological polar surface area (TPSA) is 124 Å². The highest BCUT2D eigenvalue weighted by molar-refractivity contribution is 6.21. The molecule has 0 atom stereocenters. The minimum Gasteiger partial charge on any atom is -0.496 e. The lowest BCUT2D eigenvalue weighted by Crippen LogP contribution is -2.49. The molecule has 0 aliphatic carbocycles. The van der Waals surface area contributed by atoms with Gasteiger partial charge in [0, 0.05) is 36.7 Å². The van der Waals surface area contributed by atoms with E-state index in [9.17, 15) is 19.2 Å². The molecule has 42 heavy (non-hydrogen) atoms. The normalized spacial score (nSPS) is 18.1. The number of carbonyl (C=O) groups is 4. The average Bonchev–Trinajstić information content (AvgIpc) is 3.28. The molecule has 0 bridgehead atoms. The van der Waals surface area contributed by atoms with Crippen LogP contribution in [0.4, 0.5) is 0 Å². The fraction of sp³-hybridized carbons (Fsp3) is 0.344. The number of fused-ring (bicyclic) bond motifs is 1. The number of ketones is 1. The van der Waals surface area contributed by atoms with Gasteiger partial charge in [-0.3, -0.25) is 24.1 Å². The van der Waals surface area contributed by atoms with Gasteiger partial charge in [0.2, 0.25) is 0 Å². The SMILES string of the molecule is CNC(=O)c1cc(C(=O)CCCCC2OCC(N3C(=O)c4ccccc4C3=O)CO2)cc(Cc2ccccc2OC)n1. The van der Waals surface area contributed by atoms with Crippen molar-refractivity contribution in [2.45, 2.75) is 44.4 Å². The molecule has 0 spiro atoms. The summed E-state index contributed by atoms with van der Waals surface area (Å²) in [7, 11) is 3.12. The van der Waals surface area contributed by atoms with Crippen LogP contribution >= 0.6 is 0 Å². The first-order valence-corrected chi connectivity index (χ1v) is 14.0. The maximum absolute atomic E-state index is 13.1. The Morgan fingerprint density at radius 3 is 2.31 bits per heavy atom. The number of hydrogen-bond acceptors (Lipinski definition) is 8. The summed E-state index contributed by atoms with van der Waals surface area (Å²) in [5, 5.41) is 2.57. The number of rotatable bonds is 11. The molecule has 10 heteroatoms. The zero-order valence-corrected chi connectivity index (χ0v) is 23.6. The van der Waals surface area contributed by atoms with Gasteiger partial charge in [-0.2, -0.15) is 0 Å². The van der Waals surface area contributed by atoms with Crippen molar-refractivity contribution in [2.75, 3.05) is 27.4 Å². The zero-order valence-electron chi connectivity index (χ0n) is 23.6. The number of ether oxygens (including phenoxy) is 3. The summed E-state index contributed by atoms with van der Waals surface area (Å²) in [4.78, 5) is 56.6. The van der Waals surface area contributed by atoms with Crippen LogP contribution in [-0.4, -0.2) is 73.1 Å². The van der Waals surface area contributed by atoms with Crippen LogP contribution in [0.5, 0.6) is 5.75 Å². The second kappa shape index (κ2) is 13.1. The van der Waals surface area contributed by atoms with E-state index in [2.05, 4.69) is 10.3 Å². The van der Waals surface area contributed by atoms with Crippen molar-refractivity contribution < 1.29 is 33.4 Å². The maximum Gasteiger partial charge on any atom is 0.269 e. The lowest BCUT2D eigenvalue weighted by atomic mass is 10.0. The molecule has 0 unspecified atom stereocenters. The largest absolute Gasteiger partial charge is 0.496 e. The second-order valence-corrected chi connectivity index (χ2v) is 10.2. The number of carbonyl (C=O) groups excluding carboxylic acids is 4. The molecule has 0 radical (unpaired) electrons. The Hall–Kier alpha value is -4.41. The zero-order chi connectivity index (χ0) is 29.6. The molecular formula is C32H33N3O7. The van der Waals surface area contributed by atoms with Crippen molar-refractivity contribution in [3.05, 3.63) is 94.3 Å². The molecule has 3 amide bonds. The lowest BCUT2D eigenvalue weighted by molar-refractivity contribution is -0.200. The first-order valence-electron chi connectivity index (χ1n) is 14.0. The van der Waals surface area contributed by atoms with Crippen molar-refractivity contribution >= 4 is 23.5 Å². The fourth-order valence-electron chi connectivity index (χ4n) is 5.26. The minimum atomic E-state index is -0.485. The van der Waals surface area contributed by atoms with E-state index >= 15 is 0 Å². The predicted molar refractivity (Wildman–Crippen MR) is 153 cm³/mol. The van der Waals surface area contributed by atoms with Crippen LogP contribution in [0.25, 0.3) is 0 Å². The maximum atomic E-state index is 13.1. The molecule has 3 aromatic rings. The molecule has 1 aromatic heterocycles. The average molecular weight is 572 g/mol. The van der Waals surface area contributed by atoms with Crippen molar-refractivity contribution in [1.29, 1.82) is 0 Å². The second-order valence-electron chi connectivity index (χ2n) is 10.2. The number of amides is 3. The van der Waals surface area contributed by atoms with E-state index in [4.69, 9.17) is 14.2 Å². The van der Waals surface area contributed by atoms with Crippen LogP contribution in [0.1, 0.15) is 78.5 Å². The summed E-state index contributed by atoms with van der Waals surface area (Å²) in [6.07, 6.45) is 2.07. The summed E-state index contributed by atoms with van der Waals surface area (Å²) in [6.45, 7) is 0.395. The van der Waals surface area contributed by atoms with Crippen LogP contribution < -0.4 is 10.1 Å². The molecule has 3 heterocycles. The number of hydrogen-bond donors (Lipinski definition) is 1. The first kappa shape index (κ1) is 29.1. The Balaban J connectivity index is 1.13. The number of imide groups is 1. The van der Waals surface area contributed by atoms with Gasteiger partial charge in [0.05, 0.1) is 37.5 Å². The van der Waals surface area contributed by atoms with Gasteiger partial charge in [-0.05, 0) is 49.6 Å². The molecular weight excluding hydrogens is 538 g/mol. The van der Waals surface area contributed by atoms with Crippen molar-refractivity contribution in [3.8, 4) is 5.75 Å². The molecule has 2 aliphatic heterocycles. The molecule has 1 saturated heterocycles. The van der Waals surface area contributed by atoms with Crippen molar-refractivity contribution in [1.82, 2.24) is 15.2 Å². The van der Waals surface area contributed by atoms with Crippen LogP contribution in [-0.2, 0) is 15.9 Å². The number of nitrogens with one attached hydrogen (secondary N) is 1. The molecule has 2 aliphatic rings. The Bertz CT molecular complexity index is 1460. The van der Waals surface area contributed by atoms with Gasteiger partial charge < -0.3 is 19.5 Å². The third-order valence-corrected chi connectivity index (χ3v) is 7.46. The summed E-state index contributed by atoms with van der Waals surface area (Å²) in [5.74, 6) is -0.394. The van der Waals surface area contributed by atoms with Crippen molar-refractivity contribution in [2.24, 2.45) is 0 Å². The molecule has 5 rings (SSSR count). The number of unbranched alkanes of at least 4 members (excludes halogenated alkanes) is 1. The van der Waals surface area contributed by atoms with Crippen LogP contribution in [0.3, 0.4) is 0 Å². The number of pyridine rings is 1. The van der Waals surface area contributed by atoms with E-state index in [0.717, 1.165) is 5.56 Å². The number of nitrogens with zero attached hydrogens (tertiary/aromatic N) is 2. The Morgan fingerprint density at radius 1 is 0.976 bits per heavy atom. The monoisotopic (exact) mass is 571 g/mol. The molecule has 218 valence electrons. The third-order valence-electron chi connectivity index (χ3n) is 7.46. The fourth-order valence-corrected chi connectivity index (χ4v) is 5.26. The van der Waals surface area contributed by atoms with Crippen LogP contribution in [0.2, 0.25) is 0 Å². The smallest absolute Gasteiger partial charge is 0.269 e. The first-order chi connectivity index (χ1) is 20.4. The quantitative estimate of drug-likeness (QED) is 0.209. The van der Waals surface area contributed by atoms with E-state index in [1.165, 1.54) is 18.0 Å². The molecule has 1 fully saturated rings. The molecule has 2 aromatic carbocycles. The summed E-state index contributed by atoms with van der Waals surface area (Å²) >= 11 is 0. The van der Waals surface area contributed by atoms with Gasteiger partial charge in [-0.25, -0.2) is 4.98 Å². The lowest BCUT2D eigenvalue weighted by Gasteiger charge is -2.33. The highest BCUT2D eigenvalue weighted by atomic mass is 16.7. The van der Waals surface area contributed by atoms with E-state index in [-0.39, 0.29) is 48.8 Å². The molecule has 1 N–H and O–H groups in total. The summed E-state index contributed by atoms with van der Waals surface area (Å²) in [5.41, 5.74) is 2.92. The molecule has 0 saturated carbocycles. The van der Waals surface area contributed by atoms with E-state index in [1.807, 2.05) is 24.3 Å². The summed E-state index contributed by atoms with van der Waals surface area (Å²) < 4.78 is 17.1. The molecule has 10 nitrogen and oxygen atoms in total. The predicted octanol–water partition coefficient (Wildman–Crippen LogP) is 3.82. The van der Waals surface area contributed by atoms with Gasteiger partial charge in [-0.1, -0.05) is 30.3 Å². The van der Waals surface area contributed by atoms with Crippen LogP contribution in [0.15, 0.2) is 60.7 Å². The Kier molecular flexibility index (Phi) is 9.04. The van der Waals surface area contributed by atoms with Crippen LogP contribution in [0, 0.1) is 0 Å². The van der Waals surface area contributed by atoms with Crippen molar-refractivity contribution in [3.63, 3.8) is 0 Å². The van der Waals surface area contributed by atoms with Gasteiger partial charge in [0.15, 0.2) is 12.1 Å². The number of aromatic nitrogens is 1. The van der Waals surface area contributed by atoms with E-state index < -0.39 is 12.3 Å². The van der Waals surface area contributed by atoms with E-state index in [0.29, 0.717) is 53.8 Å². The standard InChI is InChI=1S/C32H33N3O7/c1-33-30(37)26-17-21(16-22(34-26)15-20-9-3-7-13-28(20)40-2)27(36)12-6-8-14-29-41-18-23(19-42-29)35-31(38)24-10-4-5-11-25(24)32(35)39/h3-5,7,9-11,13,16-17,23,29H,6,8,12,14-15,18-19H2,1-2H3,(H,33,37). The van der Waals surface area contributed by atoms with Gasteiger partial charge in [-0.15, -0.1) is 0 Å². The Labute approximate surface area is 244 Å². The van der Waals surface area contributed by atoms with Gasteiger partial charge in [0.1, 0.15) is 11.4 Å². The van der Waals surface area contributed by atoms with Gasteiger partial charge >= 0.3 is 0 Å². The third kappa shape index (κ3) is 6.24.